The highest BCUT2D eigenvalue weighted by molar-refractivity contribution is 6.11. The van der Waals surface area contributed by atoms with E-state index in [0.29, 0.717) is 11.4 Å². The molecule has 2 aliphatic rings. The number of rotatable bonds is 8. The van der Waals surface area contributed by atoms with Crippen molar-refractivity contribution in [2.75, 3.05) is 44.7 Å². The highest BCUT2D eigenvalue weighted by atomic mass is 16.5. The van der Waals surface area contributed by atoms with Crippen LogP contribution in [0.4, 0.5) is 5.69 Å². The predicted octanol–water partition coefficient (Wildman–Crippen LogP) is 4.47. The van der Waals surface area contributed by atoms with Crippen LogP contribution in [-0.4, -0.2) is 77.0 Å². The number of aliphatic imine (C=N–C) groups is 1. The molecule has 0 spiro atoms. The number of piperidine rings is 1. The largest absolute Gasteiger partial charge is 0.379 e. The highest BCUT2D eigenvalue weighted by Gasteiger charge is 2.17. The lowest BCUT2D eigenvalue weighted by Crippen LogP contribution is -2.35. The molecule has 5 rings (SSSR count). The van der Waals surface area contributed by atoms with Crippen LogP contribution in [0.3, 0.4) is 0 Å². The third-order valence-electron chi connectivity index (χ3n) is 7.11. The van der Waals surface area contributed by atoms with Crippen molar-refractivity contribution in [2.45, 2.75) is 32.7 Å². The fraction of sp³-hybridized carbons (Fsp3) is 0.379. The van der Waals surface area contributed by atoms with E-state index in [2.05, 4.69) is 55.0 Å². The molecule has 1 amide bonds. The summed E-state index contributed by atoms with van der Waals surface area (Å²) in [5.41, 5.74) is 5.93. The van der Waals surface area contributed by atoms with Crippen LogP contribution in [0.15, 0.2) is 59.5 Å². The summed E-state index contributed by atoms with van der Waals surface area (Å²) in [7, 11) is 0. The van der Waals surface area contributed by atoms with E-state index in [-0.39, 0.29) is 5.91 Å². The molecule has 9 nitrogen and oxygen atoms in total. The number of hydrogen-bond donors (Lipinski definition) is 2. The van der Waals surface area contributed by atoms with Crippen LogP contribution in [0, 0.1) is 0 Å². The molecule has 2 fully saturated rings. The number of anilines is 1. The summed E-state index contributed by atoms with van der Waals surface area (Å²) in [4.78, 5) is 26.4. The number of likely N-dealkylation sites (tertiary alicyclic amines) is 1. The van der Waals surface area contributed by atoms with Gasteiger partial charge in [-0.3, -0.25) is 24.8 Å². The number of benzene rings is 1. The number of fused-ring (bicyclic) bond motifs is 1. The SMILES string of the molecule is C=N/C=C(\C=C(/C)c1ccc2[nH]nc(C(=O)Nc3ccc(CN4CCOCC4)nc3)c2c1)N1CCCCC1. The Bertz CT molecular complexity index is 1330. The summed E-state index contributed by atoms with van der Waals surface area (Å²) in [5.74, 6) is -0.275. The van der Waals surface area contributed by atoms with Crippen LogP contribution in [0.1, 0.15) is 47.9 Å². The van der Waals surface area contributed by atoms with Gasteiger partial charge in [0.2, 0.25) is 0 Å². The average molecular weight is 514 g/mol. The van der Waals surface area contributed by atoms with E-state index in [1.165, 1.54) is 19.3 Å². The molecule has 38 heavy (non-hydrogen) atoms. The summed E-state index contributed by atoms with van der Waals surface area (Å²) in [6.45, 7) is 11.9. The van der Waals surface area contributed by atoms with E-state index in [0.717, 1.165) is 79.4 Å². The number of carbonyl (C=O) groups is 1. The Labute approximate surface area is 223 Å². The zero-order valence-corrected chi connectivity index (χ0v) is 21.9. The van der Waals surface area contributed by atoms with E-state index in [1.54, 1.807) is 6.20 Å². The molecule has 3 aromatic rings. The molecule has 2 aliphatic heterocycles. The number of pyridine rings is 1. The molecule has 0 aliphatic carbocycles. The summed E-state index contributed by atoms with van der Waals surface area (Å²) < 4.78 is 5.41. The Kier molecular flexibility index (Phi) is 8.25. The zero-order chi connectivity index (χ0) is 26.3. The molecular weight excluding hydrogens is 478 g/mol. The first-order valence-electron chi connectivity index (χ1n) is 13.2. The molecule has 0 unspecified atom stereocenters. The number of allylic oxidation sites excluding steroid dienone is 2. The number of hydrogen-bond acceptors (Lipinski definition) is 7. The topological polar surface area (TPSA) is 98.7 Å². The molecular formula is C29H35N7O2. The normalized spacial score (nSPS) is 17.6. The van der Waals surface area contributed by atoms with E-state index in [1.807, 2.05) is 36.5 Å². The molecule has 2 N–H and O–H groups in total. The molecule has 198 valence electrons. The fourth-order valence-corrected chi connectivity index (χ4v) is 4.96. The van der Waals surface area contributed by atoms with E-state index >= 15 is 0 Å². The van der Waals surface area contributed by atoms with Gasteiger partial charge in [0, 0.05) is 44.3 Å². The van der Waals surface area contributed by atoms with Crippen LogP contribution < -0.4 is 5.32 Å². The second kappa shape index (κ2) is 12.1. The van der Waals surface area contributed by atoms with Gasteiger partial charge in [-0.25, -0.2) is 0 Å². The number of morpholine rings is 1. The van der Waals surface area contributed by atoms with Gasteiger partial charge in [-0.15, -0.1) is 0 Å². The minimum absolute atomic E-state index is 0.275. The quantitative estimate of drug-likeness (QED) is 0.341. The number of aromatic amines is 1. The van der Waals surface area contributed by atoms with Crippen molar-refractivity contribution >= 4 is 34.8 Å². The van der Waals surface area contributed by atoms with Crippen molar-refractivity contribution < 1.29 is 9.53 Å². The van der Waals surface area contributed by atoms with Crippen LogP contribution in [-0.2, 0) is 11.3 Å². The monoisotopic (exact) mass is 513 g/mol. The minimum atomic E-state index is -0.275. The van der Waals surface area contributed by atoms with Gasteiger partial charge in [0.25, 0.3) is 5.91 Å². The van der Waals surface area contributed by atoms with Crippen molar-refractivity contribution in [1.82, 2.24) is 25.0 Å². The summed E-state index contributed by atoms with van der Waals surface area (Å²) in [5, 5.41) is 11.0. The number of H-pyrrole nitrogens is 1. The number of carbonyl (C=O) groups excluding carboxylic acids is 1. The van der Waals surface area contributed by atoms with Crippen molar-refractivity contribution in [3.63, 3.8) is 0 Å². The van der Waals surface area contributed by atoms with Crippen molar-refractivity contribution in [1.29, 1.82) is 0 Å². The zero-order valence-electron chi connectivity index (χ0n) is 21.9. The molecule has 4 heterocycles. The standard InChI is InChI=1S/C29H35N7O2/c1-21(16-25(19-30-2)36-10-4-3-5-11-36)22-6-9-27-26(17-22)28(34-33-27)29(37)32-23-7-8-24(31-18-23)20-35-12-14-38-15-13-35/h6-9,16-19H,2-5,10-15,20H2,1H3,(H,32,37)(H,33,34)/b21-16+,25-19+. The summed E-state index contributed by atoms with van der Waals surface area (Å²) in [6, 6.07) is 9.85. The van der Waals surface area contributed by atoms with Crippen molar-refractivity contribution in [3.8, 4) is 0 Å². The molecule has 2 aromatic heterocycles. The number of ether oxygens (including phenoxy) is 1. The van der Waals surface area contributed by atoms with Gasteiger partial charge in [0.15, 0.2) is 5.69 Å². The minimum Gasteiger partial charge on any atom is -0.379 e. The molecule has 0 radical (unpaired) electrons. The number of amides is 1. The summed E-state index contributed by atoms with van der Waals surface area (Å²) in [6.07, 6.45) is 9.31. The molecule has 0 bridgehead atoms. The van der Waals surface area contributed by atoms with Gasteiger partial charge >= 0.3 is 0 Å². The Morgan fingerprint density at radius 1 is 1.16 bits per heavy atom. The Morgan fingerprint density at radius 3 is 2.71 bits per heavy atom. The molecule has 2 saturated heterocycles. The fourth-order valence-electron chi connectivity index (χ4n) is 4.96. The first-order chi connectivity index (χ1) is 18.6. The van der Waals surface area contributed by atoms with Crippen LogP contribution >= 0.6 is 0 Å². The molecule has 0 atom stereocenters. The second-order valence-corrected chi connectivity index (χ2v) is 9.83. The second-order valence-electron chi connectivity index (χ2n) is 9.83. The summed E-state index contributed by atoms with van der Waals surface area (Å²) >= 11 is 0. The highest BCUT2D eigenvalue weighted by Crippen LogP contribution is 2.26. The third-order valence-corrected chi connectivity index (χ3v) is 7.11. The maximum atomic E-state index is 13.1. The Morgan fingerprint density at radius 2 is 1.97 bits per heavy atom. The first kappa shape index (κ1) is 25.8. The van der Waals surface area contributed by atoms with Gasteiger partial charge in [-0.2, -0.15) is 5.10 Å². The first-order valence-corrected chi connectivity index (χ1v) is 13.2. The van der Waals surface area contributed by atoms with Gasteiger partial charge in [0.1, 0.15) is 0 Å². The van der Waals surface area contributed by atoms with E-state index in [9.17, 15) is 4.79 Å². The average Bonchev–Trinajstić information content (AvgIpc) is 3.38. The lowest BCUT2D eigenvalue weighted by molar-refractivity contribution is 0.0336. The van der Waals surface area contributed by atoms with Gasteiger partial charge in [-0.1, -0.05) is 6.07 Å². The maximum Gasteiger partial charge on any atom is 0.276 e. The molecule has 0 saturated carbocycles. The van der Waals surface area contributed by atoms with E-state index < -0.39 is 0 Å². The van der Waals surface area contributed by atoms with E-state index in [4.69, 9.17) is 4.74 Å². The van der Waals surface area contributed by atoms with Crippen molar-refractivity contribution in [2.24, 2.45) is 4.99 Å². The third kappa shape index (κ3) is 6.17. The number of nitrogens with zero attached hydrogens (tertiary/aromatic N) is 5. The lowest BCUT2D eigenvalue weighted by Gasteiger charge is -2.29. The lowest BCUT2D eigenvalue weighted by atomic mass is 10.0. The predicted molar refractivity (Wildman–Crippen MR) is 151 cm³/mol. The number of nitrogens with one attached hydrogen (secondary N) is 2. The van der Waals surface area contributed by atoms with Crippen LogP contribution in [0.25, 0.3) is 16.5 Å². The molecule has 9 heteroatoms. The van der Waals surface area contributed by atoms with Gasteiger partial charge in [0.05, 0.1) is 42.0 Å². The number of aromatic nitrogens is 3. The van der Waals surface area contributed by atoms with Gasteiger partial charge < -0.3 is 15.0 Å². The van der Waals surface area contributed by atoms with Crippen LogP contribution in [0.2, 0.25) is 0 Å². The van der Waals surface area contributed by atoms with Crippen LogP contribution in [0.5, 0.6) is 0 Å². The molecule has 1 aromatic carbocycles. The van der Waals surface area contributed by atoms with Gasteiger partial charge in [-0.05, 0) is 74.4 Å². The van der Waals surface area contributed by atoms with Crippen molar-refractivity contribution in [3.05, 3.63) is 71.5 Å². The smallest absolute Gasteiger partial charge is 0.276 e. The Balaban J connectivity index is 1.30. The Hall–Kier alpha value is -3.82. The maximum absolute atomic E-state index is 13.1.